The van der Waals surface area contributed by atoms with Crippen LogP contribution in [-0.2, 0) is 12.8 Å². The van der Waals surface area contributed by atoms with Gasteiger partial charge >= 0.3 is 0 Å². The molecule has 5 heteroatoms. The lowest BCUT2D eigenvalue weighted by Gasteiger charge is -2.06. The van der Waals surface area contributed by atoms with Crippen LogP contribution in [0.15, 0.2) is 0 Å². The number of aliphatic hydroxyl groups is 1. The number of anilines is 1. The van der Waals surface area contributed by atoms with E-state index in [0.717, 1.165) is 24.2 Å². The summed E-state index contributed by atoms with van der Waals surface area (Å²) >= 11 is 0. The summed E-state index contributed by atoms with van der Waals surface area (Å²) in [6.07, 6.45) is 1.70. The summed E-state index contributed by atoms with van der Waals surface area (Å²) in [6.45, 7) is 4.60. The zero-order valence-corrected chi connectivity index (χ0v) is 8.62. The van der Waals surface area contributed by atoms with E-state index >= 15 is 0 Å². The van der Waals surface area contributed by atoms with Crippen LogP contribution in [0.2, 0.25) is 0 Å². The predicted octanol–water partition coefficient (Wildman–Crippen LogP) is 0.401. The first-order valence-corrected chi connectivity index (χ1v) is 4.89. The Balaban J connectivity index is 2.79. The first-order chi connectivity index (χ1) is 6.81. The number of rotatable bonds is 5. The van der Waals surface area contributed by atoms with E-state index in [1.54, 1.807) is 0 Å². The van der Waals surface area contributed by atoms with Crippen LogP contribution in [0.4, 0.5) is 5.95 Å². The van der Waals surface area contributed by atoms with Crippen molar-refractivity contribution >= 4 is 5.95 Å². The van der Waals surface area contributed by atoms with Crippen molar-refractivity contribution in [1.29, 1.82) is 0 Å². The molecule has 0 aromatic carbocycles. The van der Waals surface area contributed by atoms with Crippen LogP contribution in [0.5, 0.6) is 0 Å². The molecule has 78 valence electrons. The summed E-state index contributed by atoms with van der Waals surface area (Å²) in [5.74, 6) is 0.494. The minimum atomic E-state index is 0.0698. The van der Waals surface area contributed by atoms with Gasteiger partial charge in [0.25, 0.3) is 0 Å². The highest BCUT2D eigenvalue weighted by Gasteiger charge is 2.04. The average molecular weight is 196 g/mol. The molecular formula is C9H16N4O. The van der Waals surface area contributed by atoms with Crippen molar-refractivity contribution in [1.82, 2.24) is 15.2 Å². The van der Waals surface area contributed by atoms with Gasteiger partial charge in [0.2, 0.25) is 5.95 Å². The Morgan fingerprint density at radius 1 is 1.14 bits per heavy atom. The normalized spacial score (nSPS) is 10.2. The molecule has 0 bridgehead atoms. The van der Waals surface area contributed by atoms with Gasteiger partial charge in [-0.2, -0.15) is 5.10 Å². The van der Waals surface area contributed by atoms with E-state index in [0.29, 0.717) is 12.5 Å². The van der Waals surface area contributed by atoms with E-state index in [9.17, 15) is 0 Å². The third kappa shape index (κ3) is 2.63. The molecule has 0 aliphatic heterocycles. The van der Waals surface area contributed by atoms with Crippen LogP contribution < -0.4 is 5.32 Å². The van der Waals surface area contributed by atoms with Crippen molar-refractivity contribution in [3.63, 3.8) is 0 Å². The maximum atomic E-state index is 8.62. The van der Waals surface area contributed by atoms with Gasteiger partial charge in [-0.3, -0.25) is 0 Å². The number of aryl methyl sites for hydroxylation is 2. The summed E-state index contributed by atoms with van der Waals surface area (Å²) in [6, 6.07) is 0. The van der Waals surface area contributed by atoms with E-state index in [2.05, 4.69) is 20.5 Å². The molecule has 0 radical (unpaired) electrons. The van der Waals surface area contributed by atoms with E-state index in [4.69, 9.17) is 5.11 Å². The Kier molecular flexibility index (Phi) is 4.25. The molecular weight excluding hydrogens is 180 g/mol. The number of hydrogen-bond acceptors (Lipinski definition) is 5. The van der Waals surface area contributed by atoms with Gasteiger partial charge < -0.3 is 10.4 Å². The Morgan fingerprint density at radius 2 is 1.86 bits per heavy atom. The highest BCUT2D eigenvalue weighted by molar-refractivity contribution is 5.25. The minimum absolute atomic E-state index is 0.0698. The molecule has 2 N–H and O–H groups in total. The maximum absolute atomic E-state index is 8.62. The maximum Gasteiger partial charge on any atom is 0.243 e. The van der Waals surface area contributed by atoms with E-state index in [1.807, 2.05) is 13.8 Å². The zero-order chi connectivity index (χ0) is 10.4. The summed E-state index contributed by atoms with van der Waals surface area (Å²) in [5, 5.41) is 19.5. The van der Waals surface area contributed by atoms with Crippen molar-refractivity contribution in [2.45, 2.75) is 26.7 Å². The van der Waals surface area contributed by atoms with E-state index in [-0.39, 0.29) is 6.61 Å². The Morgan fingerprint density at radius 3 is 2.43 bits per heavy atom. The summed E-state index contributed by atoms with van der Waals surface area (Å²) < 4.78 is 0. The monoisotopic (exact) mass is 196 g/mol. The lowest BCUT2D eigenvalue weighted by molar-refractivity contribution is 0.310. The molecule has 0 atom stereocenters. The van der Waals surface area contributed by atoms with Crippen LogP contribution in [0.25, 0.3) is 0 Å². The summed E-state index contributed by atoms with van der Waals surface area (Å²) in [5.41, 5.74) is 1.92. The minimum Gasteiger partial charge on any atom is -0.395 e. The smallest absolute Gasteiger partial charge is 0.243 e. The predicted molar refractivity (Wildman–Crippen MR) is 54.2 cm³/mol. The van der Waals surface area contributed by atoms with Crippen LogP contribution >= 0.6 is 0 Å². The van der Waals surface area contributed by atoms with Gasteiger partial charge in [0, 0.05) is 6.54 Å². The lowest BCUT2D eigenvalue weighted by Crippen LogP contribution is -2.12. The molecule has 0 aliphatic carbocycles. The van der Waals surface area contributed by atoms with Gasteiger partial charge in [-0.25, -0.2) is 4.98 Å². The second-order valence-corrected chi connectivity index (χ2v) is 2.89. The first kappa shape index (κ1) is 10.8. The molecule has 1 aromatic heterocycles. The third-order valence-corrected chi connectivity index (χ3v) is 1.90. The molecule has 1 aromatic rings. The fourth-order valence-electron chi connectivity index (χ4n) is 1.18. The van der Waals surface area contributed by atoms with Crippen molar-refractivity contribution in [3.8, 4) is 0 Å². The summed E-state index contributed by atoms with van der Waals surface area (Å²) in [7, 11) is 0. The van der Waals surface area contributed by atoms with Crippen LogP contribution in [0, 0.1) is 0 Å². The van der Waals surface area contributed by atoms with Crippen molar-refractivity contribution in [3.05, 3.63) is 11.4 Å². The summed E-state index contributed by atoms with van der Waals surface area (Å²) in [4.78, 5) is 4.30. The lowest BCUT2D eigenvalue weighted by atomic mass is 10.2. The molecule has 0 saturated heterocycles. The Bertz CT molecular complexity index is 290. The largest absolute Gasteiger partial charge is 0.395 e. The fraction of sp³-hybridized carbons (Fsp3) is 0.667. The molecule has 0 unspecified atom stereocenters. The van der Waals surface area contributed by atoms with Gasteiger partial charge in [0.05, 0.1) is 18.0 Å². The van der Waals surface area contributed by atoms with Gasteiger partial charge in [-0.15, -0.1) is 5.10 Å². The van der Waals surface area contributed by atoms with Gasteiger partial charge in [-0.05, 0) is 12.8 Å². The average Bonchev–Trinajstić information content (AvgIpc) is 2.25. The quantitative estimate of drug-likeness (QED) is 0.713. The van der Waals surface area contributed by atoms with Gasteiger partial charge in [0.1, 0.15) is 0 Å². The molecule has 0 spiro atoms. The Hall–Kier alpha value is -1.23. The van der Waals surface area contributed by atoms with Crippen molar-refractivity contribution in [2.24, 2.45) is 0 Å². The third-order valence-electron chi connectivity index (χ3n) is 1.90. The van der Waals surface area contributed by atoms with Crippen LogP contribution in [0.3, 0.4) is 0 Å². The number of nitrogens with one attached hydrogen (secondary N) is 1. The highest BCUT2D eigenvalue weighted by atomic mass is 16.3. The number of nitrogens with zero attached hydrogens (tertiary/aromatic N) is 3. The second-order valence-electron chi connectivity index (χ2n) is 2.89. The van der Waals surface area contributed by atoms with Crippen molar-refractivity contribution in [2.75, 3.05) is 18.5 Å². The molecule has 0 amide bonds. The first-order valence-electron chi connectivity index (χ1n) is 4.89. The van der Waals surface area contributed by atoms with Gasteiger partial charge in [-0.1, -0.05) is 13.8 Å². The number of hydrogen-bond donors (Lipinski definition) is 2. The zero-order valence-electron chi connectivity index (χ0n) is 8.62. The number of aliphatic hydroxyl groups excluding tert-OH is 1. The van der Waals surface area contributed by atoms with E-state index in [1.165, 1.54) is 0 Å². The molecule has 0 aliphatic rings. The highest BCUT2D eigenvalue weighted by Crippen LogP contribution is 2.06. The van der Waals surface area contributed by atoms with Crippen LogP contribution in [0.1, 0.15) is 25.2 Å². The number of aromatic nitrogens is 3. The van der Waals surface area contributed by atoms with Crippen LogP contribution in [-0.4, -0.2) is 33.4 Å². The fourth-order valence-corrected chi connectivity index (χ4v) is 1.18. The topological polar surface area (TPSA) is 70.9 Å². The molecule has 1 heterocycles. The Labute approximate surface area is 83.6 Å². The van der Waals surface area contributed by atoms with Gasteiger partial charge in [0.15, 0.2) is 0 Å². The SMILES string of the molecule is CCc1nnc(NCCO)nc1CC. The molecule has 0 fully saturated rings. The molecule has 5 nitrogen and oxygen atoms in total. The molecule has 14 heavy (non-hydrogen) atoms. The standard InChI is InChI=1S/C9H16N4O/c1-3-7-8(4-2)12-13-9(11-7)10-5-6-14/h14H,3-6H2,1-2H3,(H,10,11,13). The molecule has 0 saturated carbocycles. The van der Waals surface area contributed by atoms with E-state index < -0.39 is 0 Å². The second kappa shape index (κ2) is 5.49. The molecule has 1 rings (SSSR count). The van der Waals surface area contributed by atoms with Crippen molar-refractivity contribution < 1.29 is 5.11 Å².